The van der Waals surface area contributed by atoms with Crippen LogP contribution in [-0.4, -0.2) is 95.3 Å². The van der Waals surface area contributed by atoms with Crippen molar-refractivity contribution in [3.63, 3.8) is 0 Å². The molecule has 3 aromatic rings. The average molecular weight is 790 g/mol. The molecule has 4 aliphatic rings. The molecule has 2 aliphatic carbocycles. The molecule has 56 heavy (non-hydrogen) atoms. The van der Waals surface area contributed by atoms with Crippen LogP contribution < -0.4 is 20.1 Å². The van der Waals surface area contributed by atoms with Crippen molar-refractivity contribution in [2.45, 2.75) is 107 Å². The first kappa shape index (κ1) is 39.3. The zero-order chi connectivity index (χ0) is 39.8. The molecule has 16 heteroatoms. The fourth-order valence-corrected chi connectivity index (χ4v) is 9.34. The second-order valence-corrected chi connectivity index (χ2v) is 17.7. The van der Waals surface area contributed by atoms with Gasteiger partial charge in [-0.1, -0.05) is 57.5 Å². The molecule has 7 rings (SSSR count). The minimum atomic E-state index is -3.87. The summed E-state index contributed by atoms with van der Waals surface area (Å²) in [6, 6.07) is 12.9. The largest absolute Gasteiger partial charge is 0.496 e. The Kier molecular flexibility index (Phi) is 11.1. The molecule has 15 nitrogen and oxygen atoms in total. The molecule has 4 amide bonds. The Labute approximate surface area is 327 Å². The molecule has 3 heterocycles. The number of nitrogens with one attached hydrogen (secondary N) is 3. The molecule has 1 aromatic heterocycles. The zero-order valence-corrected chi connectivity index (χ0v) is 33.1. The molecule has 2 saturated carbocycles. The van der Waals surface area contributed by atoms with Crippen molar-refractivity contribution in [1.29, 1.82) is 0 Å². The minimum absolute atomic E-state index is 0.0273. The number of aryl methyl sites for hydroxylation is 1. The summed E-state index contributed by atoms with van der Waals surface area (Å²) in [6.45, 7) is 5.67. The first-order valence-corrected chi connectivity index (χ1v) is 21.2. The quantitative estimate of drug-likeness (QED) is 0.284. The molecular weight excluding hydrogens is 739 g/mol. The number of hydrogen-bond acceptors (Lipinski definition) is 10. The smallest absolute Gasteiger partial charge is 0.407 e. The number of aromatic nitrogens is 3. The van der Waals surface area contributed by atoms with E-state index in [2.05, 4.69) is 21.4 Å². The molecule has 2 aliphatic heterocycles. The van der Waals surface area contributed by atoms with Crippen LogP contribution in [0.2, 0.25) is 0 Å². The van der Waals surface area contributed by atoms with Gasteiger partial charge in [0.1, 0.15) is 34.8 Å². The van der Waals surface area contributed by atoms with Crippen LogP contribution in [0, 0.1) is 11.8 Å². The van der Waals surface area contributed by atoms with Gasteiger partial charge in [0.2, 0.25) is 21.8 Å². The Balaban J connectivity index is 1.27. The lowest BCUT2D eigenvalue weighted by Crippen LogP contribution is -2.59. The van der Waals surface area contributed by atoms with E-state index in [9.17, 15) is 27.6 Å². The molecule has 5 atom stereocenters. The van der Waals surface area contributed by atoms with Crippen molar-refractivity contribution in [1.82, 2.24) is 35.2 Å². The van der Waals surface area contributed by atoms with Crippen LogP contribution in [-0.2, 0) is 35.6 Å². The van der Waals surface area contributed by atoms with Gasteiger partial charge >= 0.3 is 6.09 Å². The summed E-state index contributed by atoms with van der Waals surface area (Å²) >= 11 is 0. The Morgan fingerprint density at radius 2 is 1.77 bits per heavy atom. The maximum atomic E-state index is 14.5. The van der Waals surface area contributed by atoms with Crippen molar-refractivity contribution in [2.75, 3.05) is 20.3 Å². The topological polar surface area (TPSA) is 191 Å². The van der Waals surface area contributed by atoms with E-state index in [1.807, 2.05) is 49.4 Å². The van der Waals surface area contributed by atoms with Crippen LogP contribution in [0.4, 0.5) is 4.79 Å². The predicted octanol–water partition coefficient (Wildman–Crippen LogP) is 4.13. The highest BCUT2D eigenvalue weighted by atomic mass is 32.2. The number of fused-ring (bicyclic) bond motifs is 8. The van der Waals surface area contributed by atoms with Gasteiger partial charge in [-0.15, -0.1) is 0 Å². The number of sulfonamides is 1. The van der Waals surface area contributed by atoms with E-state index in [1.54, 1.807) is 25.8 Å². The first-order chi connectivity index (χ1) is 26.8. The second kappa shape index (κ2) is 15.9. The number of ether oxygens (including phenoxy) is 2. The first-order valence-electron chi connectivity index (χ1n) is 19.7. The molecule has 6 bridgehead atoms. The number of amides is 4. The SMILES string of the molecule is CC[C@@H]1C[C@]1(NC(=O)[C@@H]1C[C@@H]2CN1C(=O)[C@H](C(C)C)NC(=O)OCCCCCc1cc(ccc1OC)-c1nn2nc1-c1ccccc1)C(=O)NS(=O)(=O)C1CC1. The molecule has 0 unspecified atom stereocenters. The highest BCUT2D eigenvalue weighted by Crippen LogP contribution is 2.47. The normalized spacial score (nSPS) is 25.6. The van der Waals surface area contributed by atoms with Gasteiger partial charge in [-0.3, -0.25) is 19.1 Å². The highest BCUT2D eigenvalue weighted by Gasteiger charge is 2.62. The van der Waals surface area contributed by atoms with Crippen LogP contribution in [0.15, 0.2) is 48.5 Å². The Morgan fingerprint density at radius 3 is 2.43 bits per heavy atom. The maximum Gasteiger partial charge on any atom is 0.407 e. The van der Waals surface area contributed by atoms with E-state index in [0.29, 0.717) is 37.1 Å². The third-order valence-corrected chi connectivity index (χ3v) is 13.3. The van der Waals surface area contributed by atoms with Gasteiger partial charge < -0.3 is 25.0 Å². The molecule has 2 aromatic carbocycles. The summed E-state index contributed by atoms with van der Waals surface area (Å²) in [4.78, 5) is 58.7. The molecule has 1 saturated heterocycles. The number of hydrogen-bond donors (Lipinski definition) is 3. The van der Waals surface area contributed by atoms with E-state index < -0.39 is 62.8 Å². The number of carbonyl (C=O) groups excluding carboxylic acids is 4. The van der Waals surface area contributed by atoms with Crippen LogP contribution in [0.5, 0.6) is 5.75 Å². The standard InChI is InChI=1S/C40H51N7O8S/c1-5-28-22-40(28,38(50)45-56(52,53)30-16-17-30)42-36(48)31-21-29-23-46(31)37(49)33(24(2)3)41-39(51)55-19-11-7-10-14-26-20-27(15-18-32(26)54-4)35-34(43-47(29)44-35)25-12-8-6-9-13-25/h6,8-9,12-13,15,18,20,24,28-31,33H,5,7,10-11,14,16-17,19,21-23H2,1-4H3,(H,41,51)(H,42,48)(H,45,50)/t28-,29-,31+,33+,40-/m1/s1. The Morgan fingerprint density at radius 1 is 1.04 bits per heavy atom. The van der Waals surface area contributed by atoms with Crippen LogP contribution in [0.3, 0.4) is 0 Å². The van der Waals surface area contributed by atoms with Crippen LogP contribution in [0.25, 0.3) is 22.5 Å². The second-order valence-electron chi connectivity index (χ2n) is 15.8. The molecular formula is C40H51N7O8S. The lowest BCUT2D eigenvalue weighted by atomic mass is 9.99. The van der Waals surface area contributed by atoms with Crippen molar-refractivity contribution < 1.29 is 37.1 Å². The van der Waals surface area contributed by atoms with E-state index in [1.165, 1.54) is 4.90 Å². The lowest BCUT2D eigenvalue weighted by molar-refractivity contribution is -0.141. The predicted molar refractivity (Wildman–Crippen MR) is 207 cm³/mol. The van der Waals surface area contributed by atoms with Gasteiger partial charge in [0.25, 0.3) is 5.91 Å². The summed E-state index contributed by atoms with van der Waals surface area (Å²) in [5.74, 6) is -1.76. The minimum Gasteiger partial charge on any atom is -0.496 e. The fraction of sp³-hybridized carbons (Fsp3) is 0.550. The number of cyclic esters (lactones) is 1. The molecule has 300 valence electrons. The third kappa shape index (κ3) is 7.98. The van der Waals surface area contributed by atoms with E-state index in [-0.39, 0.29) is 37.8 Å². The van der Waals surface area contributed by atoms with Crippen LogP contribution in [0.1, 0.15) is 83.7 Å². The molecule has 0 spiro atoms. The van der Waals surface area contributed by atoms with E-state index in [0.717, 1.165) is 41.7 Å². The number of carbonyl (C=O) groups is 4. The Hall–Kier alpha value is -4.99. The van der Waals surface area contributed by atoms with Crippen molar-refractivity contribution in [3.05, 3.63) is 54.1 Å². The summed E-state index contributed by atoms with van der Waals surface area (Å²) in [7, 11) is -2.23. The zero-order valence-electron chi connectivity index (χ0n) is 32.3. The van der Waals surface area contributed by atoms with Gasteiger partial charge in [0.15, 0.2) is 0 Å². The monoisotopic (exact) mass is 789 g/mol. The van der Waals surface area contributed by atoms with Crippen LogP contribution >= 0.6 is 0 Å². The molecule has 0 radical (unpaired) electrons. The summed E-state index contributed by atoms with van der Waals surface area (Å²) in [5, 5.41) is 15.1. The van der Waals surface area contributed by atoms with Gasteiger partial charge in [-0.2, -0.15) is 15.0 Å². The average Bonchev–Trinajstić information content (AvgIpc) is 4.07. The molecule has 3 N–H and O–H groups in total. The summed E-state index contributed by atoms with van der Waals surface area (Å²) in [5.41, 5.74) is 2.48. The fourth-order valence-electron chi connectivity index (χ4n) is 7.98. The van der Waals surface area contributed by atoms with Gasteiger partial charge in [0.05, 0.1) is 25.0 Å². The number of rotatable bonds is 9. The number of nitrogens with zero attached hydrogens (tertiary/aromatic N) is 4. The van der Waals surface area contributed by atoms with Crippen molar-refractivity contribution in [2.24, 2.45) is 11.8 Å². The van der Waals surface area contributed by atoms with Gasteiger partial charge in [-0.05, 0) is 80.5 Å². The van der Waals surface area contributed by atoms with E-state index >= 15 is 0 Å². The van der Waals surface area contributed by atoms with E-state index in [4.69, 9.17) is 19.7 Å². The van der Waals surface area contributed by atoms with Crippen molar-refractivity contribution >= 4 is 33.8 Å². The summed E-state index contributed by atoms with van der Waals surface area (Å²) < 4.78 is 39.0. The van der Waals surface area contributed by atoms with Gasteiger partial charge in [-0.25, -0.2) is 13.2 Å². The number of methoxy groups -OCH3 is 1. The van der Waals surface area contributed by atoms with Crippen molar-refractivity contribution in [3.8, 4) is 28.3 Å². The molecule has 3 fully saturated rings. The third-order valence-electron chi connectivity index (χ3n) is 11.5. The Bertz CT molecular complexity index is 2090. The lowest BCUT2D eigenvalue weighted by Gasteiger charge is -2.31. The number of alkyl carbamates (subject to hydrolysis) is 1. The highest BCUT2D eigenvalue weighted by molar-refractivity contribution is 7.91. The summed E-state index contributed by atoms with van der Waals surface area (Å²) in [6.07, 6.45) is 4.08. The number of benzene rings is 2. The maximum absolute atomic E-state index is 14.5. The van der Waals surface area contributed by atoms with Gasteiger partial charge in [0, 0.05) is 24.1 Å².